The maximum atomic E-state index is 14.4. The summed E-state index contributed by atoms with van der Waals surface area (Å²) < 4.78 is 14.4. The Bertz CT molecular complexity index is 299. The molecule has 1 aromatic rings. The normalized spacial score (nSPS) is 27.6. The molecule has 1 aliphatic heterocycles. The summed E-state index contributed by atoms with van der Waals surface area (Å²) in [5, 5.41) is 3.11. The Morgan fingerprint density at radius 1 is 1.29 bits per heavy atom. The van der Waals surface area contributed by atoms with E-state index >= 15 is 0 Å². The van der Waals surface area contributed by atoms with Crippen molar-refractivity contribution in [2.45, 2.75) is 25.4 Å². The zero-order valence-corrected chi connectivity index (χ0v) is 8.52. The Labute approximate surface area is 84.3 Å². The summed E-state index contributed by atoms with van der Waals surface area (Å²) in [7, 11) is 0. The van der Waals surface area contributed by atoms with E-state index in [1.807, 2.05) is 31.2 Å². The number of nitrogens with one attached hydrogen (secondary N) is 1. The van der Waals surface area contributed by atoms with E-state index in [2.05, 4.69) is 5.32 Å². The predicted octanol–water partition coefficient (Wildman–Crippen LogP) is 2.54. The van der Waals surface area contributed by atoms with Crippen molar-refractivity contribution in [3.8, 4) is 0 Å². The van der Waals surface area contributed by atoms with Gasteiger partial charge < -0.3 is 5.32 Å². The molecule has 1 aliphatic rings. The number of aryl methyl sites for hydroxylation is 1. The van der Waals surface area contributed by atoms with Crippen LogP contribution in [0.2, 0.25) is 0 Å². The summed E-state index contributed by atoms with van der Waals surface area (Å²) >= 11 is 0. The zero-order chi connectivity index (χ0) is 10.0. The van der Waals surface area contributed by atoms with Gasteiger partial charge in [0.05, 0.1) is 0 Å². The second kappa shape index (κ2) is 3.70. The lowest BCUT2D eigenvalue weighted by molar-refractivity contribution is 0.122. The van der Waals surface area contributed by atoms with Crippen LogP contribution in [0.25, 0.3) is 0 Å². The molecule has 1 N–H and O–H groups in total. The highest BCUT2D eigenvalue weighted by molar-refractivity contribution is 5.27. The lowest BCUT2D eigenvalue weighted by Crippen LogP contribution is -2.40. The second-order valence-corrected chi connectivity index (χ2v) is 4.11. The maximum absolute atomic E-state index is 14.4. The Morgan fingerprint density at radius 2 is 2.00 bits per heavy atom. The summed E-state index contributed by atoms with van der Waals surface area (Å²) in [6.07, 6.45) is 1.56. The lowest BCUT2D eigenvalue weighted by atomic mass is 9.88. The molecule has 1 fully saturated rings. The van der Waals surface area contributed by atoms with Gasteiger partial charge in [-0.3, -0.25) is 0 Å². The Balaban J connectivity index is 2.23. The minimum atomic E-state index is -1.15. The molecule has 2 heteroatoms. The molecule has 0 aliphatic carbocycles. The molecular weight excluding hydrogens is 177 g/mol. The summed E-state index contributed by atoms with van der Waals surface area (Å²) in [5.41, 5.74) is 0.850. The zero-order valence-electron chi connectivity index (χ0n) is 8.52. The SMILES string of the molecule is Cc1ccc(C2(F)CCCNC2)cc1. The van der Waals surface area contributed by atoms with Crippen LogP contribution >= 0.6 is 0 Å². The molecule has 1 heterocycles. The number of rotatable bonds is 1. The third-order valence-corrected chi connectivity index (χ3v) is 2.90. The molecule has 0 spiro atoms. The smallest absolute Gasteiger partial charge is 0.148 e. The van der Waals surface area contributed by atoms with Crippen LogP contribution in [-0.2, 0) is 5.67 Å². The monoisotopic (exact) mass is 193 g/mol. The minimum absolute atomic E-state index is 0.454. The van der Waals surface area contributed by atoms with E-state index in [-0.39, 0.29) is 0 Å². The number of benzene rings is 1. The fraction of sp³-hybridized carbons (Fsp3) is 0.500. The van der Waals surface area contributed by atoms with Crippen LogP contribution in [-0.4, -0.2) is 13.1 Å². The summed E-state index contributed by atoms with van der Waals surface area (Å²) in [6.45, 7) is 3.42. The molecule has 1 unspecified atom stereocenters. The van der Waals surface area contributed by atoms with Crippen molar-refractivity contribution in [3.05, 3.63) is 35.4 Å². The Morgan fingerprint density at radius 3 is 2.57 bits per heavy atom. The van der Waals surface area contributed by atoms with Crippen LogP contribution in [0.5, 0.6) is 0 Å². The van der Waals surface area contributed by atoms with E-state index in [4.69, 9.17) is 0 Å². The first kappa shape index (κ1) is 9.66. The maximum Gasteiger partial charge on any atom is 0.148 e. The molecule has 1 aromatic carbocycles. The number of alkyl halides is 1. The highest BCUT2D eigenvalue weighted by atomic mass is 19.1. The molecular formula is C12H16FN. The van der Waals surface area contributed by atoms with Gasteiger partial charge >= 0.3 is 0 Å². The fourth-order valence-electron chi connectivity index (χ4n) is 1.97. The van der Waals surface area contributed by atoms with Crippen LogP contribution in [0.1, 0.15) is 24.0 Å². The third kappa shape index (κ3) is 1.80. The molecule has 2 rings (SSSR count). The molecule has 1 atom stereocenters. The summed E-state index contributed by atoms with van der Waals surface area (Å²) in [5.74, 6) is 0. The standard InChI is InChI=1S/C12H16FN/c1-10-3-5-11(6-4-10)12(13)7-2-8-14-9-12/h3-6,14H,2,7-9H2,1H3. The van der Waals surface area contributed by atoms with E-state index in [9.17, 15) is 4.39 Å². The van der Waals surface area contributed by atoms with Crippen molar-refractivity contribution in [1.29, 1.82) is 0 Å². The fourth-order valence-corrected chi connectivity index (χ4v) is 1.97. The van der Waals surface area contributed by atoms with Crippen LogP contribution in [0.15, 0.2) is 24.3 Å². The first-order valence-corrected chi connectivity index (χ1v) is 5.17. The average Bonchev–Trinajstić information content (AvgIpc) is 2.19. The van der Waals surface area contributed by atoms with Crippen LogP contribution < -0.4 is 5.32 Å². The predicted molar refractivity (Wildman–Crippen MR) is 56.1 cm³/mol. The molecule has 76 valence electrons. The van der Waals surface area contributed by atoms with E-state index in [1.54, 1.807) is 0 Å². The first-order valence-electron chi connectivity index (χ1n) is 5.17. The van der Waals surface area contributed by atoms with Crippen molar-refractivity contribution in [2.24, 2.45) is 0 Å². The van der Waals surface area contributed by atoms with Crippen LogP contribution in [0.3, 0.4) is 0 Å². The van der Waals surface area contributed by atoms with Gasteiger partial charge in [0.25, 0.3) is 0 Å². The van der Waals surface area contributed by atoms with Gasteiger partial charge in [-0.1, -0.05) is 29.8 Å². The number of halogens is 1. The van der Waals surface area contributed by atoms with Crippen molar-refractivity contribution in [1.82, 2.24) is 5.32 Å². The van der Waals surface area contributed by atoms with Crippen molar-refractivity contribution in [3.63, 3.8) is 0 Å². The van der Waals surface area contributed by atoms with Crippen molar-refractivity contribution < 1.29 is 4.39 Å². The van der Waals surface area contributed by atoms with Gasteiger partial charge in [0.15, 0.2) is 0 Å². The first-order chi connectivity index (χ1) is 6.71. The third-order valence-electron chi connectivity index (χ3n) is 2.90. The number of hydrogen-bond acceptors (Lipinski definition) is 1. The van der Waals surface area contributed by atoms with Crippen molar-refractivity contribution in [2.75, 3.05) is 13.1 Å². The van der Waals surface area contributed by atoms with Gasteiger partial charge in [-0.05, 0) is 31.9 Å². The second-order valence-electron chi connectivity index (χ2n) is 4.11. The Kier molecular flexibility index (Phi) is 2.55. The number of piperidine rings is 1. The molecule has 14 heavy (non-hydrogen) atoms. The molecule has 0 radical (unpaired) electrons. The van der Waals surface area contributed by atoms with Gasteiger partial charge in [-0.25, -0.2) is 4.39 Å². The van der Waals surface area contributed by atoms with Crippen molar-refractivity contribution >= 4 is 0 Å². The Hall–Kier alpha value is -0.890. The van der Waals surface area contributed by atoms with Crippen LogP contribution in [0.4, 0.5) is 4.39 Å². The van der Waals surface area contributed by atoms with Gasteiger partial charge in [-0.2, -0.15) is 0 Å². The highest BCUT2D eigenvalue weighted by Gasteiger charge is 2.33. The quantitative estimate of drug-likeness (QED) is 0.722. The molecule has 1 saturated heterocycles. The van der Waals surface area contributed by atoms with Gasteiger partial charge in [0.2, 0.25) is 0 Å². The largest absolute Gasteiger partial charge is 0.313 e. The molecule has 0 amide bonds. The summed E-state index contributed by atoms with van der Waals surface area (Å²) in [4.78, 5) is 0. The van der Waals surface area contributed by atoms with E-state index in [0.717, 1.165) is 18.5 Å². The van der Waals surface area contributed by atoms with Gasteiger partial charge in [-0.15, -0.1) is 0 Å². The van der Waals surface area contributed by atoms with E-state index in [1.165, 1.54) is 5.56 Å². The molecule has 0 aromatic heterocycles. The van der Waals surface area contributed by atoms with E-state index < -0.39 is 5.67 Å². The van der Waals surface area contributed by atoms with Crippen LogP contribution in [0, 0.1) is 6.92 Å². The van der Waals surface area contributed by atoms with E-state index in [0.29, 0.717) is 13.0 Å². The lowest BCUT2D eigenvalue weighted by Gasteiger charge is -2.30. The molecule has 1 nitrogen and oxygen atoms in total. The van der Waals surface area contributed by atoms with Gasteiger partial charge in [0.1, 0.15) is 5.67 Å². The minimum Gasteiger partial charge on any atom is -0.313 e. The molecule has 0 bridgehead atoms. The topological polar surface area (TPSA) is 12.0 Å². The average molecular weight is 193 g/mol. The molecule has 0 saturated carbocycles. The highest BCUT2D eigenvalue weighted by Crippen LogP contribution is 2.32. The van der Waals surface area contributed by atoms with Gasteiger partial charge in [0, 0.05) is 6.54 Å². The summed E-state index contributed by atoms with van der Waals surface area (Å²) in [6, 6.07) is 7.77. The number of hydrogen-bond donors (Lipinski definition) is 1.